The van der Waals surface area contributed by atoms with E-state index < -0.39 is 0 Å². The Morgan fingerprint density at radius 1 is 1.56 bits per heavy atom. The molecule has 2 aromatic rings. The number of aliphatic hydroxyl groups excluding tert-OH is 1. The Bertz CT molecular complexity index is 550. The molecule has 0 radical (unpaired) electrons. The summed E-state index contributed by atoms with van der Waals surface area (Å²) in [4.78, 5) is 16.0. The number of nitrogens with zero attached hydrogens (tertiary/aromatic N) is 2. The number of pyridine rings is 1. The van der Waals surface area contributed by atoms with Crippen molar-refractivity contribution in [2.75, 3.05) is 6.61 Å². The van der Waals surface area contributed by atoms with E-state index in [4.69, 9.17) is 5.11 Å². The van der Waals surface area contributed by atoms with Gasteiger partial charge in [-0.15, -0.1) is 0 Å². The van der Waals surface area contributed by atoms with Crippen LogP contribution >= 0.6 is 0 Å². The monoisotopic (exact) mass is 247 g/mol. The van der Waals surface area contributed by atoms with Crippen LogP contribution in [0.1, 0.15) is 24.2 Å². The zero-order chi connectivity index (χ0) is 13.1. The van der Waals surface area contributed by atoms with Crippen molar-refractivity contribution in [3.05, 3.63) is 36.4 Å². The largest absolute Gasteiger partial charge is 0.396 e. The molecule has 2 atom stereocenters. The van der Waals surface area contributed by atoms with Crippen molar-refractivity contribution in [1.82, 2.24) is 14.7 Å². The Morgan fingerprint density at radius 3 is 3.06 bits per heavy atom. The van der Waals surface area contributed by atoms with E-state index in [1.807, 2.05) is 18.2 Å². The van der Waals surface area contributed by atoms with Crippen molar-refractivity contribution in [2.24, 2.45) is 5.92 Å². The molecule has 0 aliphatic carbocycles. The van der Waals surface area contributed by atoms with Crippen molar-refractivity contribution in [2.45, 2.75) is 19.9 Å². The third-order valence-corrected chi connectivity index (χ3v) is 3.18. The zero-order valence-corrected chi connectivity index (χ0v) is 10.5. The number of carbonyl (C=O) groups is 1. The highest BCUT2D eigenvalue weighted by molar-refractivity contribution is 5.95. The third kappa shape index (κ3) is 2.51. The van der Waals surface area contributed by atoms with Gasteiger partial charge in [0.1, 0.15) is 0 Å². The van der Waals surface area contributed by atoms with Crippen molar-refractivity contribution in [3.63, 3.8) is 0 Å². The molecule has 0 saturated carbocycles. The van der Waals surface area contributed by atoms with Gasteiger partial charge in [-0.3, -0.25) is 4.79 Å². The van der Waals surface area contributed by atoms with Crippen molar-refractivity contribution >= 4 is 11.4 Å². The first-order valence-corrected chi connectivity index (χ1v) is 5.95. The number of fused-ring (bicyclic) bond motifs is 1. The number of imidazole rings is 1. The molecule has 18 heavy (non-hydrogen) atoms. The maximum absolute atomic E-state index is 12.0. The Morgan fingerprint density at radius 2 is 2.33 bits per heavy atom. The van der Waals surface area contributed by atoms with Crippen molar-refractivity contribution < 1.29 is 9.90 Å². The zero-order valence-electron chi connectivity index (χ0n) is 10.5. The molecule has 0 fully saturated rings. The molecule has 2 unspecified atom stereocenters. The molecule has 0 aromatic carbocycles. The third-order valence-electron chi connectivity index (χ3n) is 3.18. The Balaban J connectivity index is 2.13. The van der Waals surface area contributed by atoms with Crippen LogP contribution in [0.2, 0.25) is 0 Å². The van der Waals surface area contributed by atoms with E-state index in [-0.39, 0.29) is 24.5 Å². The highest BCUT2D eigenvalue weighted by atomic mass is 16.3. The second-order valence-corrected chi connectivity index (χ2v) is 4.56. The molecule has 0 saturated heterocycles. The van der Waals surface area contributed by atoms with Crippen LogP contribution in [0, 0.1) is 5.92 Å². The number of rotatable bonds is 4. The lowest BCUT2D eigenvalue weighted by molar-refractivity contribution is 0.0916. The van der Waals surface area contributed by atoms with E-state index in [0.717, 1.165) is 5.52 Å². The van der Waals surface area contributed by atoms with E-state index >= 15 is 0 Å². The average molecular weight is 247 g/mol. The van der Waals surface area contributed by atoms with Crippen LogP contribution in [0.15, 0.2) is 30.9 Å². The van der Waals surface area contributed by atoms with Crippen LogP contribution in [0.25, 0.3) is 5.52 Å². The summed E-state index contributed by atoms with van der Waals surface area (Å²) in [5.41, 5.74) is 1.48. The van der Waals surface area contributed by atoms with Gasteiger partial charge in [0.15, 0.2) is 0 Å². The van der Waals surface area contributed by atoms with E-state index in [9.17, 15) is 4.79 Å². The van der Waals surface area contributed by atoms with Gasteiger partial charge >= 0.3 is 0 Å². The molecule has 2 rings (SSSR count). The smallest absolute Gasteiger partial charge is 0.251 e. The van der Waals surface area contributed by atoms with Gasteiger partial charge in [0, 0.05) is 24.4 Å². The Kier molecular flexibility index (Phi) is 3.62. The number of hydrogen-bond donors (Lipinski definition) is 2. The minimum atomic E-state index is -0.133. The SMILES string of the molecule is CC(CO)C(C)NC(=O)c1ccn2cncc2c1. The second-order valence-electron chi connectivity index (χ2n) is 4.56. The highest BCUT2D eigenvalue weighted by Crippen LogP contribution is 2.08. The van der Waals surface area contributed by atoms with Crippen LogP contribution < -0.4 is 5.32 Å². The highest BCUT2D eigenvalue weighted by Gasteiger charge is 2.15. The van der Waals surface area contributed by atoms with E-state index in [1.54, 1.807) is 30.9 Å². The summed E-state index contributed by atoms with van der Waals surface area (Å²) in [5.74, 6) is -0.0980. The summed E-state index contributed by atoms with van der Waals surface area (Å²) in [7, 11) is 0. The lowest BCUT2D eigenvalue weighted by atomic mass is 10.0. The summed E-state index contributed by atoms with van der Waals surface area (Å²) in [5, 5.41) is 11.9. The number of aromatic nitrogens is 2. The number of hydrogen-bond acceptors (Lipinski definition) is 3. The first-order chi connectivity index (χ1) is 8.61. The molecule has 2 N–H and O–H groups in total. The molecular formula is C13H17N3O2. The molecule has 2 aromatic heterocycles. The van der Waals surface area contributed by atoms with E-state index in [2.05, 4.69) is 10.3 Å². The van der Waals surface area contributed by atoms with Crippen LogP contribution in [0.3, 0.4) is 0 Å². The summed E-state index contributed by atoms with van der Waals surface area (Å²) >= 11 is 0. The second kappa shape index (κ2) is 5.18. The lowest BCUT2D eigenvalue weighted by Gasteiger charge is -2.19. The maximum Gasteiger partial charge on any atom is 0.251 e. The van der Waals surface area contributed by atoms with Gasteiger partial charge in [-0.1, -0.05) is 6.92 Å². The number of aliphatic hydroxyl groups is 1. The first-order valence-electron chi connectivity index (χ1n) is 5.95. The quantitative estimate of drug-likeness (QED) is 0.849. The van der Waals surface area contributed by atoms with E-state index in [0.29, 0.717) is 5.56 Å². The first kappa shape index (κ1) is 12.6. The summed E-state index contributed by atoms with van der Waals surface area (Å²) in [6.07, 6.45) is 5.20. The molecule has 0 bridgehead atoms. The van der Waals surface area contributed by atoms with E-state index in [1.165, 1.54) is 0 Å². The van der Waals surface area contributed by atoms with Gasteiger partial charge in [0.25, 0.3) is 5.91 Å². The molecule has 0 aliphatic rings. The maximum atomic E-state index is 12.0. The number of carbonyl (C=O) groups excluding carboxylic acids is 1. The fourth-order valence-corrected chi connectivity index (χ4v) is 1.65. The van der Waals surface area contributed by atoms with Gasteiger partial charge in [-0.25, -0.2) is 4.98 Å². The minimum Gasteiger partial charge on any atom is -0.396 e. The Labute approximate surface area is 105 Å². The van der Waals surface area contributed by atoms with Gasteiger partial charge in [0.2, 0.25) is 0 Å². The van der Waals surface area contributed by atoms with Gasteiger partial charge < -0.3 is 14.8 Å². The van der Waals surface area contributed by atoms with Crippen LogP contribution in [-0.2, 0) is 0 Å². The van der Waals surface area contributed by atoms with Crippen molar-refractivity contribution in [1.29, 1.82) is 0 Å². The average Bonchev–Trinajstić information content (AvgIpc) is 2.84. The molecular weight excluding hydrogens is 230 g/mol. The molecule has 5 heteroatoms. The predicted octanol–water partition coefficient (Wildman–Crippen LogP) is 1.08. The topological polar surface area (TPSA) is 66.6 Å². The van der Waals surface area contributed by atoms with Crippen molar-refractivity contribution in [3.8, 4) is 0 Å². The fraction of sp³-hybridized carbons (Fsp3) is 0.385. The number of amides is 1. The van der Waals surface area contributed by atoms with Crippen LogP contribution in [0.4, 0.5) is 0 Å². The molecule has 0 aliphatic heterocycles. The predicted molar refractivity (Wildman–Crippen MR) is 68.4 cm³/mol. The molecule has 0 spiro atoms. The molecule has 1 amide bonds. The molecule has 5 nitrogen and oxygen atoms in total. The van der Waals surface area contributed by atoms with Gasteiger partial charge in [-0.2, -0.15) is 0 Å². The summed E-state index contributed by atoms with van der Waals surface area (Å²) < 4.78 is 1.84. The summed E-state index contributed by atoms with van der Waals surface area (Å²) in [6.45, 7) is 3.84. The fourth-order valence-electron chi connectivity index (χ4n) is 1.65. The van der Waals surface area contributed by atoms with Gasteiger partial charge in [-0.05, 0) is 25.0 Å². The van der Waals surface area contributed by atoms with Crippen LogP contribution in [-0.4, -0.2) is 33.0 Å². The van der Waals surface area contributed by atoms with Gasteiger partial charge in [0.05, 0.1) is 18.0 Å². The molecule has 96 valence electrons. The Hall–Kier alpha value is -1.88. The minimum absolute atomic E-state index is 0.0349. The molecule has 2 heterocycles. The summed E-state index contributed by atoms with van der Waals surface area (Å²) in [6, 6.07) is 3.47. The van der Waals surface area contributed by atoms with Crippen LogP contribution in [0.5, 0.6) is 0 Å². The normalized spacial score (nSPS) is 14.4. The standard InChI is InChI=1S/C13H17N3O2/c1-9(7-17)10(2)15-13(18)11-3-4-16-8-14-6-12(16)5-11/h3-6,8-10,17H,7H2,1-2H3,(H,15,18). The number of nitrogens with one attached hydrogen (secondary N) is 1. The lowest BCUT2D eigenvalue weighted by Crippen LogP contribution is -2.38.